The molecule has 88 valence electrons. The van der Waals surface area contributed by atoms with Crippen molar-refractivity contribution in [2.24, 2.45) is 0 Å². The molecule has 2 heteroatoms. The summed E-state index contributed by atoms with van der Waals surface area (Å²) < 4.78 is 0. The van der Waals surface area contributed by atoms with Gasteiger partial charge in [0.2, 0.25) is 0 Å². The highest BCUT2D eigenvalue weighted by Crippen LogP contribution is 2.42. The maximum atomic E-state index is 10.3. The minimum Gasteiger partial charge on any atom is -0.507 e. The Morgan fingerprint density at radius 1 is 0.722 bits per heavy atom. The molecule has 0 unspecified atom stereocenters. The van der Waals surface area contributed by atoms with E-state index in [1.54, 1.807) is 6.07 Å². The molecule has 0 bridgehead atoms. The molecule has 0 radical (unpaired) electrons. The van der Waals surface area contributed by atoms with E-state index in [0.29, 0.717) is 5.56 Å². The van der Waals surface area contributed by atoms with Gasteiger partial charge in [-0.1, -0.05) is 54.6 Å². The molecule has 0 aliphatic rings. The molecule has 3 aromatic carbocycles. The van der Waals surface area contributed by atoms with E-state index in [1.807, 2.05) is 54.6 Å². The molecule has 0 amide bonds. The predicted octanol–water partition coefficient (Wildman–Crippen LogP) is 3.92. The van der Waals surface area contributed by atoms with Gasteiger partial charge in [-0.25, -0.2) is 0 Å². The van der Waals surface area contributed by atoms with Gasteiger partial charge in [-0.15, -0.1) is 0 Å². The Labute approximate surface area is 105 Å². The Bertz CT molecular complexity index is 703. The second-order valence-electron chi connectivity index (χ2n) is 4.21. The van der Waals surface area contributed by atoms with E-state index < -0.39 is 0 Å². The summed E-state index contributed by atoms with van der Waals surface area (Å²) in [5.41, 5.74) is 1.28. The van der Waals surface area contributed by atoms with E-state index in [9.17, 15) is 10.2 Å². The lowest BCUT2D eigenvalue weighted by Crippen LogP contribution is -1.83. The van der Waals surface area contributed by atoms with Crippen LogP contribution < -0.4 is 0 Å². The highest BCUT2D eigenvalue weighted by Gasteiger charge is 2.13. The van der Waals surface area contributed by atoms with Gasteiger partial charge in [-0.2, -0.15) is 0 Å². The number of fused-ring (bicyclic) bond motifs is 1. The first kappa shape index (κ1) is 10.7. The van der Waals surface area contributed by atoms with Crippen LogP contribution in [0.15, 0.2) is 60.7 Å². The van der Waals surface area contributed by atoms with Gasteiger partial charge in [0.05, 0.1) is 5.56 Å². The Hall–Kier alpha value is -2.48. The molecule has 0 aromatic heterocycles. The molecule has 0 heterocycles. The monoisotopic (exact) mass is 236 g/mol. The van der Waals surface area contributed by atoms with Gasteiger partial charge in [0.25, 0.3) is 0 Å². The van der Waals surface area contributed by atoms with Crippen molar-refractivity contribution < 1.29 is 10.2 Å². The molecule has 2 N–H and O–H groups in total. The Morgan fingerprint density at radius 3 is 2.17 bits per heavy atom. The fourth-order valence-corrected chi connectivity index (χ4v) is 2.20. The van der Waals surface area contributed by atoms with Gasteiger partial charge in [-0.3, -0.25) is 0 Å². The molecule has 0 saturated heterocycles. The molecule has 18 heavy (non-hydrogen) atoms. The van der Waals surface area contributed by atoms with Crippen molar-refractivity contribution in [1.82, 2.24) is 0 Å². The summed E-state index contributed by atoms with van der Waals surface area (Å²) in [5, 5.41) is 22.0. The smallest absolute Gasteiger partial charge is 0.134 e. The van der Waals surface area contributed by atoms with Crippen molar-refractivity contribution in [2.45, 2.75) is 0 Å². The Balaban J connectivity index is 2.37. The highest BCUT2D eigenvalue weighted by molar-refractivity contribution is 5.97. The minimum atomic E-state index is 0.0948. The van der Waals surface area contributed by atoms with Gasteiger partial charge in [0.1, 0.15) is 11.5 Å². The summed E-state index contributed by atoms with van der Waals surface area (Å²) in [6.07, 6.45) is 0. The van der Waals surface area contributed by atoms with Crippen molar-refractivity contribution in [3.63, 3.8) is 0 Å². The number of aromatic hydroxyl groups is 2. The maximum Gasteiger partial charge on any atom is 0.134 e. The SMILES string of the molecule is Oc1cc2ccccc2c(O)c1-c1ccccc1. The lowest BCUT2D eigenvalue weighted by molar-refractivity contribution is 0.459. The van der Waals surface area contributed by atoms with Crippen LogP contribution in [0.2, 0.25) is 0 Å². The molecular formula is C16H12O2. The lowest BCUT2D eigenvalue weighted by Gasteiger charge is -2.10. The van der Waals surface area contributed by atoms with Gasteiger partial charge in [0, 0.05) is 5.39 Å². The molecule has 0 fully saturated rings. The third-order valence-corrected chi connectivity index (χ3v) is 3.06. The summed E-state index contributed by atoms with van der Waals surface area (Å²) in [4.78, 5) is 0. The summed E-state index contributed by atoms with van der Waals surface area (Å²) in [6.45, 7) is 0. The number of rotatable bonds is 1. The van der Waals surface area contributed by atoms with Crippen LogP contribution in [0.3, 0.4) is 0 Å². The van der Waals surface area contributed by atoms with Crippen molar-refractivity contribution in [1.29, 1.82) is 0 Å². The van der Waals surface area contributed by atoms with Gasteiger partial charge in [0.15, 0.2) is 0 Å². The Morgan fingerprint density at radius 2 is 1.39 bits per heavy atom. The number of phenols is 2. The van der Waals surface area contributed by atoms with Crippen molar-refractivity contribution >= 4 is 10.8 Å². The van der Waals surface area contributed by atoms with Crippen LogP contribution in [-0.2, 0) is 0 Å². The fourth-order valence-electron chi connectivity index (χ4n) is 2.20. The molecule has 0 saturated carbocycles. The molecule has 0 atom stereocenters. The summed E-state index contributed by atoms with van der Waals surface area (Å²) in [5.74, 6) is 0.217. The van der Waals surface area contributed by atoms with E-state index >= 15 is 0 Å². The van der Waals surface area contributed by atoms with E-state index in [1.165, 1.54) is 0 Å². The van der Waals surface area contributed by atoms with Gasteiger partial charge in [-0.05, 0) is 17.0 Å². The van der Waals surface area contributed by atoms with Gasteiger partial charge < -0.3 is 10.2 Å². The Kier molecular flexibility index (Phi) is 2.41. The van der Waals surface area contributed by atoms with E-state index in [-0.39, 0.29) is 11.5 Å². The molecule has 3 aromatic rings. The average molecular weight is 236 g/mol. The van der Waals surface area contributed by atoms with Crippen LogP contribution in [0.4, 0.5) is 0 Å². The number of phenolic OH excluding ortho intramolecular Hbond substituents is 2. The topological polar surface area (TPSA) is 40.5 Å². The third kappa shape index (κ3) is 1.59. The minimum absolute atomic E-state index is 0.0948. The van der Waals surface area contributed by atoms with Crippen molar-refractivity contribution in [3.8, 4) is 22.6 Å². The standard InChI is InChI=1S/C16H12O2/c17-14-10-12-8-4-5-9-13(12)16(18)15(14)11-6-2-1-3-7-11/h1-10,17-18H. The highest BCUT2D eigenvalue weighted by atomic mass is 16.3. The predicted molar refractivity (Wildman–Crippen MR) is 72.7 cm³/mol. The van der Waals surface area contributed by atoms with Crippen LogP contribution in [0.25, 0.3) is 21.9 Å². The van der Waals surface area contributed by atoms with Crippen molar-refractivity contribution in [3.05, 3.63) is 60.7 Å². The second kappa shape index (κ2) is 4.08. The molecular weight excluding hydrogens is 224 g/mol. The summed E-state index contributed by atoms with van der Waals surface area (Å²) in [6, 6.07) is 18.5. The maximum absolute atomic E-state index is 10.3. The van der Waals surface area contributed by atoms with Crippen LogP contribution >= 0.6 is 0 Å². The van der Waals surface area contributed by atoms with Gasteiger partial charge >= 0.3 is 0 Å². The number of hydrogen-bond acceptors (Lipinski definition) is 2. The van der Waals surface area contributed by atoms with Crippen LogP contribution in [0.5, 0.6) is 11.5 Å². The largest absolute Gasteiger partial charge is 0.507 e. The molecule has 0 spiro atoms. The molecule has 3 rings (SSSR count). The molecule has 2 nitrogen and oxygen atoms in total. The first-order valence-electron chi connectivity index (χ1n) is 5.76. The lowest BCUT2D eigenvalue weighted by atomic mass is 9.98. The summed E-state index contributed by atoms with van der Waals surface area (Å²) >= 11 is 0. The van der Waals surface area contributed by atoms with Crippen LogP contribution in [0.1, 0.15) is 0 Å². The molecule has 0 aliphatic carbocycles. The zero-order chi connectivity index (χ0) is 12.5. The quantitative estimate of drug-likeness (QED) is 0.672. The van der Waals surface area contributed by atoms with E-state index in [2.05, 4.69) is 0 Å². The van der Waals surface area contributed by atoms with Crippen LogP contribution in [0, 0.1) is 0 Å². The van der Waals surface area contributed by atoms with E-state index in [0.717, 1.165) is 16.3 Å². The fraction of sp³-hybridized carbons (Fsp3) is 0. The second-order valence-corrected chi connectivity index (χ2v) is 4.21. The molecule has 0 aliphatic heterocycles. The normalized spacial score (nSPS) is 10.7. The first-order chi connectivity index (χ1) is 8.77. The zero-order valence-electron chi connectivity index (χ0n) is 9.67. The zero-order valence-corrected chi connectivity index (χ0v) is 9.67. The summed E-state index contributed by atoms with van der Waals surface area (Å²) in [7, 11) is 0. The number of hydrogen-bond donors (Lipinski definition) is 2. The first-order valence-corrected chi connectivity index (χ1v) is 5.76. The van der Waals surface area contributed by atoms with Crippen molar-refractivity contribution in [2.75, 3.05) is 0 Å². The van der Waals surface area contributed by atoms with E-state index in [4.69, 9.17) is 0 Å². The number of benzene rings is 3. The average Bonchev–Trinajstić information content (AvgIpc) is 2.40. The van der Waals surface area contributed by atoms with Crippen LogP contribution in [-0.4, -0.2) is 10.2 Å². The third-order valence-electron chi connectivity index (χ3n) is 3.06.